The first-order valence-electron chi connectivity index (χ1n) is 6.68. The zero-order valence-corrected chi connectivity index (χ0v) is 12.8. The normalized spacial score (nSPS) is 15.3. The van der Waals surface area contributed by atoms with Gasteiger partial charge in [-0.05, 0) is 35.9 Å². The third-order valence-corrected chi connectivity index (χ3v) is 4.12. The van der Waals surface area contributed by atoms with Crippen LogP contribution in [0.25, 0.3) is 0 Å². The fourth-order valence-electron chi connectivity index (χ4n) is 2.46. The van der Waals surface area contributed by atoms with Crippen LogP contribution < -0.4 is 4.90 Å². The van der Waals surface area contributed by atoms with Crippen LogP contribution in [0.2, 0.25) is 10.2 Å². The highest BCUT2D eigenvalue weighted by molar-refractivity contribution is 6.32. The van der Waals surface area contributed by atoms with Crippen molar-refractivity contribution in [1.29, 1.82) is 0 Å². The number of carbonyl (C=O) groups excluding carboxylic acids is 1. The lowest BCUT2D eigenvalue weighted by Gasteiger charge is -2.36. The van der Waals surface area contributed by atoms with Crippen molar-refractivity contribution < 1.29 is 9.21 Å². The molecule has 0 unspecified atom stereocenters. The quantitative estimate of drug-likeness (QED) is 0.847. The average Bonchev–Trinajstić information content (AvgIpc) is 2.93. The van der Waals surface area contributed by atoms with E-state index in [9.17, 15) is 4.79 Å². The molecule has 21 heavy (non-hydrogen) atoms. The summed E-state index contributed by atoms with van der Waals surface area (Å²) >= 11 is 11.9. The van der Waals surface area contributed by atoms with Crippen LogP contribution in [0.3, 0.4) is 0 Å². The van der Waals surface area contributed by atoms with Crippen LogP contribution >= 0.6 is 23.2 Å². The van der Waals surface area contributed by atoms with Crippen molar-refractivity contribution in [2.24, 2.45) is 0 Å². The van der Waals surface area contributed by atoms with E-state index in [1.165, 1.54) is 6.26 Å². The van der Waals surface area contributed by atoms with Crippen LogP contribution in [-0.2, 0) is 0 Å². The van der Waals surface area contributed by atoms with Crippen molar-refractivity contribution in [3.05, 3.63) is 52.4 Å². The Morgan fingerprint density at radius 1 is 1.10 bits per heavy atom. The number of hydrogen-bond donors (Lipinski definition) is 0. The van der Waals surface area contributed by atoms with E-state index < -0.39 is 0 Å². The van der Waals surface area contributed by atoms with E-state index in [1.807, 2.05) is 24.3 Å². The molecule has 1 aromatic carbocycles. The largest absolute Gasteiger partial charge is 0.452 e. The van der Waals surface area contributed by atoms with E-state index in [2.05, 4.69) is 4.90 Å². The molecule has 1 fully saturated rings. The molecule has 0 spiro atoms. The first-order chi connectivity index (χ1) is 10.1. The van der Waals surface area contributed by atoms with E-state index in [0.717, 1.165) is 23.8 Å². The molecule has 2 aromatic rings. The van der Waals surface area contributed by atoms with Crippen molar-refractivity contribution in [3.63, 3.8) is 0 Å². The Labute approximate surface area is 132 Å². The van der Waals surface area contributed by atoms with Gasteiger partial charge >= 0.3 is 0 Å². The molecule has 0 atom stereocenters. The van der Waals surface area contributed by atoms with Crippen molar-refractivity contribution in [2.75, 3.05) is 31.1 Å². The van der Waals surface area contributed by atoms with Crippen molar-refractivity contribution in [3.8, 4) is 0 Å². The molecule has 1 aromatic heterocycles. The summed E-state index contributed by atoms with van der Waals surface area (Å²) in [7, 11) is 0. The lowest BCUT2D eigenvalue weighted by atomic mass is 10.2. The number of anilines is 1. The summed E-state index contributed by atoms with van der Waals surface area (Å²) in [6.45, 7) is 2.82. The topological polar surface area (TPSA) is 36.7 Å². The maximum atomic E-state index is 12.3. The average molecular weight is 325 g/mol. The molecule has 0 radical (unpaired) electrons. The number of amides is 1. The predicted octanol–water partition coefficient (Wildman–Crippen LogP) is 3.55. The standard InChI is InChI=1S/C15H14Cl2N2O2/c16-11-2-1-3-12(10-11)18-5-7-19(8-6-18)15(20)13-4-9-21-14(13)17/h1-4,9-10H,5-8H2. The molecule has 1 aliphatic rings. The zero-order chi connectivity index (χ0) is 14.8. The summed E-state index contributed by atoms with van der Waals surface area (Å²) in [5, 5.41) is 0.869. The Kier molecular flexibility index (Phi) is 4.08. The van der Waals surface area contributed by atoms with E-state index in [-0.39, 0.29) is 11.1 Å². The lowest BCUT2D eigenvalue weighted by molar-refractivity contribution is 0.0746. The highest BCUT2D eigenvalue weighted by Gasteiger charge is 2.24. The van der Waals surface area contributed by atoms with Gasteiger partial charge in [0.05, 0.1) is 11.8 Å². The first kappa shape index (κ1) is 14.3. The molecule has 1 aliphatic heterocycles. The highest BCUT2D eigenvalue weighted by atomic mass is 35.5. The summed E-state index contributed by atoms with van der Waals surface area (Å²) < 4.78 is 4.97. The molecule has 2 heterocycles. The van der Waals surface area contributed by atoms with Crippen molar-refractivity contribution in [2.45, 2.75) is 0 Å². The SMILES string of the molecule is O=C(c1ccoc1Cl)N1CCN(c2cccc(Cl)c2)CC1. The molecule has 1 amide bonds. The molecule has 4 nitrogen and oxygen atoms in total. The van der Waals surface area contributed by atoms with E-state index in [0.29, 0.717) is 18.7 Å². The summed E-state index contributed by atoms with van der Waals surface area (Å²) in [5.41, 5.74) is 1.50. The van der Waals surface area contributed by atoms with E-state index in [1.54, 1.807) is 11.0 Å². The third-order valence-electron chi connectivity index (χ3n) is 3.59. The van der Waals surface area contributed by atoms with Gasteiger partial charge < -0.3 is 14.2 Å². The zero-order valence-electron chi connectivity index (χ0n) is 11.3. The minimum absolute atomic E-state index is 0.0838. The van der Waals surface area contributed by atoms with Crippen molar-refractivity contribution in [1.82, 2.24) is 4.90 Å². The number of piperazine rings is 1. The molecule has 0 aliphatic carbocycles. The molecule has 110 valence electrons. The monoisotopic (exact) mass is 324 g/mol. The van der Waals surface area contributed by atoms with Crippen LogP contribution in [0.1, 0.15) is 10.4 Å². The maximum Gasteiger partial charge on any atom is 0.258 e. The van der Waals surface area contributed by atoms with Gasteiger partial charge in [0.2, 0.25) is 5.22 Å². The minimum atomic E-state index is -0.0838. The molecule has 0 saturated carbocycles. The number of furan rings is 1. The number of rotatable bonds is 2. The van der Waals surface area contributed by atoms with Crippen LogP contribution in [0.5, 0.6) is 0 Å². The Morgan fingerprint density at radius 2 is 1.86 bits per heavy atom. The van der Waals surface area contributed by atoms with Gasteiger partial charge in [-0.2, -0.15) is 0 Å². The summed E-state index contributed by atoms with van der Waals surface area (Å²) in [5.74, 6) is -0.0838. The van der Waals surface area contributed by atoms with Gasteiger partial charge in [0, 0.05) is 36.9 Å². The second-order valence-electron chi connectivity index (χ2n) is 4.87. The number of benzene rings is 1. The van der Waals surface area contributed by atoms with Gasteiger partial charge in [-0.3, -0.25) is 4.79 Å². The maximum absolute atomic E-state index is 12.3. The van der Waals surface area contributed by atoms with Gasteiger partial charge in [0.1, 0.15) is 0 Å². The fraction of sp³-hybridized carbons (Fsp3) is 0.267. The fourth-order valence-corrected chi connectivity index (χ4v) is 2.84. The lowest BCUT2D eigenvalue weighted by Crippen LogP contribution is -2.48. The minimum Gasteiger partial charge on any atom is -0.452 e. The summed E-state index contributed by atoms with van der Waals surface area (Å²) in [4.78, 5) is 16.3. The summed E-state index contributed by atoms with van der Waals surface area (Å²) in [6.07, 6.45) is 1.43. The highest BCUT2D eigenvalue weighted by Crippen LogP contribution is 2.23. The first-order valence-corrected chi connectivity index (χ1v) is 7.43. The number of hydrogen-bond acceptors (Lipinski definition) is 3. The Hall–Kier alpha value is -1.65. The van der Waals surface area contributed by atoms with E-state index >= 15 is 0 Å². The molecule has 1 saturated heterocycles. The Balaban J connectivity index is 1.65. The molecule has 0 bridgehead atoms. The van der Waals surface area contributed by atoms with Crippen LogP contribution in [-0.4, -0.2) is 37.0 Å². The van der Waals surface area contributed by atoms with Crippen LogP contribution in [0, 0.1) is 0 Å². The molecule has 3 rings (SSSR count). The second-order valence-corrected chi connectivity index (χ2v) is 5.65. The van der Waals surface area contributed by atoms with Gasteiger partial charge in [-0.25, -0.2) is 0 Å². The van der Waals surface area contributed by atoms with Gasteiger partial charge in [-0.15, -0.1) is 0 Å². The van der Waals surface area contributed by atoms with E-state index in [4.69, 9.17) is 27.6 Å². The third kappa shape index (κ3) is 3.01. The van der Waals surface area contributed by atoms with Gasteiger partial charge in [0.25, 0.3) is 5.91 Å². The summed E-state index contributed by atoms with van der Waals surface area (Å²) in [6, 6.07) is 9.35. The molecule has 0 N–H and O–H groups in total. The number of nitrogens with zero attached hydrogens (tertiary/aromatic N) is 2. The predicted molar refractivity (Wildman–Crippen MR) is 83.3 cm³/mol. The number of halogens is 2. The molecule has 6 heteroatoms. The molecular formula is C15H14Cl2N2O2. The van der Waals surface area contributed by atoms with Gasteiger partial charge in [0.15, 0.2) is 0 Å². The second kappa shape index (κ2) is 6.00. The van der Waals surface area contributed by atoms with Gasteiger partial charge in [-0.1, -0.05) is 17.7 Å². The Bertz CT molecular complexity index is 649. The smallest absolute Gasteiger partial charge is 0.258 e. The Morgan fingerprint density at radius 3 is 2.48 bits per heavy atom. The number of carbonyl (C=O) groups is 1. The molecular weight excluding hydrogens is 311 g/mol. The van der Waals surface area contributed by atoms with Crippen LogP contribution in [0.15, 0.2) is 41.0 Å². The van der Waals surface area contributed by atoms with Crippen LogP contribution in [0.4, 0.5) is 5.69 Å². The van der Waals surface area contributed by atoms with Crippen molar-refractivity contribution >= 4 is 34.8 Å².